The van der Waals surface area contributed by atoms with Gasteiger partial charge in [0.25, 0.3) is 5.56 Å². The molecule has 0 radical (unpaired) electrons. The lowest BCUT2D eigenvalue weighted by Crippen LogP contribution is -2.51. The summed E-state index contributed by atoms with van der Waals surface area (Å²) in [5, 5.41) is 9.44. The third-order valence-electron chi connectivity index (χ3n) is 5.86. The van der Waals surface area contributed by atoms with Gasteiger partial charge in [-0.2, -0.15) is 0 Å². The molecule has 0 unspecified atom stereocenters. The van der Waals surface area contributed by atoms with Crippen molar-refractivity contribution in [2.45, 2.75) is 31.7 Å². The average molecular weight is 342 g/mol. The van der Waals surface area contributed by atoms with Crippen LogP contribution >= 0.6 is 0 Å². The van der Waals surface area contributed by atoms with Crippen LogP contribution in [0.2, 0.25) is 0 Å². The van der Waals surface area contributed by atoms with Gasteiger partial charge in [-0.25, -0.2) is 0 Å². The number of hydrogen-bond donors (Lipinski definition) is 1. The Hall–Kier alpha value is -2.37. The van der Waals surface area contributed by atoms with Gasteiger partial charge in [-0.15, -0.1) is 0 Å². The SMILES string of the molecule is O=C(O)[C@H]1CC=CC[C@H]1C(=O)N1C[C@@H]2C[C@H](C1)c1cccc(=O)n1C2. The Kier molecular flexibility index (Phi) is 3.98. The summed E-state index contributed by atoms with van der Waals surface area (Å²) in [5.41, 5.74) is 1.02. The lowest BCUT2D eigenvalue weighted by atomic mass is 9.79. The number of allylic oxidation sites excluding steroid dienone is 2. The van der Waals surface area contributed by atoms with Gasteiger partial charge in [-0.05, 0) is 31.2 Å². The van der Waals surface area contributed by atoms with Gasteiger partial charge in [0.05, 0.1) is 11.8 Å². The van der Waals surface area contributed by atoms with Gasteiger partial charge in [0.1, 0.15) is 0 Å². The van der Waals surface area contributed by atoms with Crippen molar-refractivity contribution in [2.24, 2.45) is 17.8 Å². The summed E-state index contributed by atoms with van der Waals surface area (Å²) in [4.78, 5) is 38.5. The third kappa shape index (κ3) is 2.79. The van der Waals surface area contributed by atoms with Crippen LogP contribution in [0.1, 0.15) is 30.9 Å². The smallest absolute Gasteiger partial charge is 0.307 e. The molecule has 1 aromatic rings. The molecule has 1 fully saturated rings. The van der Waals surface area contributed by atoms with Crippen LogP contribution in [0.5, 0.6) is 0 Å². The molecular weight excluding hydrogens is 320 g/mol. The molecule has 1 N–H and O–H groups in total. The Balaban J connectivity index is 1.58. The van der Waals surface area contributed by atoms with Crippen LogP contribution in [0.4, 0.5) is 0 Å². The highest BCUT2D eigenvalue weighted by atomic mass is 16.4. The summed E-state index contributed by atoms with van der Waals surface area (Å²) in [6, 6.07) is 5.33. The lowest BCUT2D eigenvalue weighted by Gasteiger charge is -2.44. The molecule has 6 nitrogen and oxygen atoms in total. The number of carboxylic acid groups (broad SMARTS) is 1. The predicted molar refractivity (Wildman–Crippen MR) is 91.1 cm³/mol. The van der Waals surface area contributed by atoms with E-state index < -0.39 is 17.8 Å². The second kappa shape index (κ2) is 6.17. The van der Waals surface area contributed by atoms with E-state index in [2.05, 4.69) is 0 Å². The van der Waals surface area contributed by atoms with E-state index in [-0.39, 0.29) is 23.3 Å². The first-order valence-electron chi connectivity index (χ1n) is 8.91. The van der Waals surface area contributed by atoms with Crippen molar-refractivity contribution < 1.29 is 14.7 Å². The van der Waals surface area contributed by atoms with Gasteiger partial charge >= 0.3 is 5.97 Å². The number of aliphatic carboxylic acids is 1. The highest BCUT2D eigenvalue weighted by Gasteiger charge is 2.41. The zero-order valence-corrected chi connectivity index (χ0v) is 14.0. The number of nitrogens with zero attached hydrogens (tertiary/aromatic N) is 2. The van der Waals surface area contributed by atoms with E-state index in [0.29, 0.717) is 32.5 Å². The molecule has 3 aliphatic rings. The zero-order chi connectivity index (χ0) is 17.6. The number of pyridine rings is 1. The number of amides is 1. The number of rotatable bonds is 2. The Morgan fingerprint density at radius 3 is 2.56 bits per heavy atom. The first-order chi connectivity index (χ1) is 12.0. The monoisotopic (exact) mass is 342 g/mol. The highest BCUT2D eigenvalue weighted by Crippen LogP contribution is 2.37. The minimum Gasteiger partial charge on any atom is -0.481 e. The third-order valence-corrected chi connectivity index (χ3v) is 5.86. The molecule has 4 atom stereocenters. The van der Waals surface area contributed by atoms with Crippen molar-refractivity contribution in [2.75, 3.05) is 13.1 Å². The summed E-state index contributed by atoms with van der Waals surface area (Å²) >= 11 is 0. The van der Waals surface area contributed by atoms with Crippen molar-refractivity contribution >= 4 is 11.9 Å². The van der Waals surface area contributed by atoms with Crippen molar-refractivity contribution in [3.05, 3.63) is 46.4 Å². The van der Waals surface area contributed by atoms with Crippen molar-refractivity contribution in [1.82, 2.24) is 9.47 Å². The summed E-state index contributed by atoms with van der Waals surface area (Å²) < 4.78 is 1.84. The fourth-order valence-electron chi connectivity index (χ4n) is 4.67. The molecule has 3 heterocycles. The summed E-state index contributed by atoms with van der Waals surface area (Å²) in [7, 11) is 0. The fourth-order valence-corrected chi connectivity index (χ4v) is 4.67. The van der Waals surface area contributed by atoms with Crippen LogP contribution in [-0.4, -0.2) is 39.5 Å². The fraction of sp³-hybridized carbons (Fsp3) is 0.526. The Labute approximate surface area is 145 Å². The molecule has 0 saturated carbocycles. The van der Waals surface area contributed by atoms with Crippen LogP contribution < -0.4 is 5.56 Å². The van der Waals surface area contributed by atoms with E-state index in [1.54, 1.807) is 12.1 Å². The van der Waals surface area contributed by atoms with Gasteiger partial charge in [0, 0.05) is 37.3 Å². The normalized spacial score (nSPS) is 30.6. The van der Waals surface area contributed by atoms with E-state index >= 15 is 0 Å². The first kappa shape index (κ1) is 16.1. The number of hydrogen-bond acceptors (Lipinski definition) is 3. The molecule has 1 aliphatic carbocycles. The number of likely N-dealkylation sites (tertiary alicyclic amines) is 1. The Bertz CT molecular complexity index is 797. The van der Waals surface area contributed by atoms with Crippen molar-refractivity contribution in [1.29, 1.82) is 0 Å². The number of aromatic nitrogens is 1. The maximum Gasteiger partial charge on any atom is 0.307 e. The van der Waals surface area contributed by atoms with Crippen molar-refractivity contribution in [3.8, 4) is 0 Å². The maximum absolute atomic E-state index is 13.0. The molecule has 1 saturated heterocycles. The van der Waals surface area contributed by atoms with Crippen molar-refractivity contribution in [3.63, 3.8) is 0 Å². The lowest BCUT2D eigenvalue weighted by molar-refractivity contribution is -0.151. The van der Waals surface area contributed by atoms with Gasteiger partial charge in [0.2, 0.25) is 5.91 Å². The summed E-state index contributed by atoms with van der Waals surface area (Å²) in [5.74, 6) is -1.62. The second-order valence-electron chi connectivity index (χ2n) is 7.44. The number of fused-ring (bicyclic) bond motifs is 4. The van der Waals surface area contributed by atoms with E-state index in [4.69, 9.17) is 0 Å². The van der Waals surface area contributed by atoms with Crippen LogP contribution in [0.25, 0.3) is 0 Å². The minimum absolute atomic E-state index is 0.0235. The zero-order valence-electron chi connectivity index (χ0n) is 14.0. The van der Waals surface area contributed by atoms with E-state index in [0.717, 1.165) is 12.1 Å². The highest BCUT2D eigenvalue weighted by molar-refractivity contribution is 5.85. The molecule has 1 aromatic heterocycles. The molecule has 132 valence electrons. The Morgan fingerprint density at radius 1 is 1.04 bits per heavy atom. The average Bonchev–Trinajstić information content (AvgIpc) is 2.62. The van der Waals surface area contributed by atoms with Gasteiger partial charge in [-0.1, -0.05) is 18.2 Å². The van der Waals surface area contributed by atoms with E-state index in [1.165, 1.54) is 0 Å². The first-order valence-corrected chi connectivity index (χ1v) is 8.91. The largest absolute Gasteiger partial charge is 0.481 e. The van der Waals surface area contributed by atoms with Gasteiger partial charge in [-0.3, -0.25) is 14.4 Å². The molecule has 2 bridgehead atoms. The number of carbonyl (C=O) groups is 2. The van der Waals surface area contributed by atoms with Crippen LogP contribution in [0, 0.1) is 17.8 Å². The van der Waals surface area contributed by atoms with E-state index in [1.807, 2.05) is 27.7 Å². The molecule has 0 spiro atoms. The number of carboxylic acids is 1. The van der Waals surface area contributed by atoms with Gasteiger partial charge in [0.15, 0.2) is 0 Å². The Morgan fingerprint density at radius 2 is 1.80 bits per heavy atom. The maximum atomic E-state index is 13.0. The molecular formula is C19H22N2O4. The molecule has 6 heteroatoms. The number of carbonyl (C=O) groups excluding carboxylic acids is 1. The predicted octanol–water partition coefficient (Wildman–Crippen LogP) is 1.46. The van der Waals surface area contributed by atoms with Crippen LogP contribution in [-0.2, 0) is 16.1 Å². The van der Waals surface area contributed by atoms with Crippen LogP contribution in [0.15, 0.2) is 35.1 Å². The molecule has 0 aromatic carbocycles. The second-order valence-corrected chi connectivity index (χ2v) is 7.44. The quantitative estimate of drug-likeness (QED) is 0.825. The number of piperidine rings is 1. The summed E-state index contributed by atoms with van der Waals surface area (Å²) in [6.07, 6.45) is 5.68. The molecule has 4 rings (SSSR count). The molecule has 2 aliphatic heterocycles. The topological polar surface area (TPSA) is 79.6 Å². The summed E-state index contributed by atoms with van der Waals surface area (Å²) in [6.45, 7) is 1.83. The minimum atomic E-state index is -0.892. The molecule has 1 amide bonds. The van der Waals surface area contributed by atoms with Crippen LogP contribution in [0.3, 0.4) is 0 Å². The standard InChI is InChI=1S/C19H22N2O4/c22-17-7-3-6-16-13-8-12(10-21(16)17)9-20(11-13)18(23)14-4-1-2-5-15(14)19(24)25/h1-3,6-7,12-15H,4-5,8-11H2,(H,24,25)/t12-,13+,14+,15-/m0/s1. The van der Waals surface area contributed by atoms with Gasteiger partial charge < -0.3 is 14.6 Å². The van der Waals surface area contributed by atoms with E-state index in [9.17, 15) is 19.5 Å². The molecule has 25 heavy (non-hydrogen) atoms.